The number of rotatable bonds is 8. The van der Waals surface area contributed by atoms with Crippen LogP contribution in [0.4, 0.5) is 18.9 Å². The zero-order chi connectivity index (χ0) is 20.6. The molecule has 0 saturated carbocycles. The summed E-state index contributed by atoms with van der Waals surface area (Å²) in [5.74, 6) is -0.621. The van der Waals surface area contributed by atoms with Gasteiger partial charge in [-0.3, -0.25) is 10.1 Å². The Morgan fingerprint density at radius 1 is 0.862 bits per heavy atom. The SMILES string of the molecule is O=C(CN[C@@H](c1ccccc1)c1ccc(OC(F)F)cc1)Nc1ccc(F)cc1. The van der Waals surface area contributed by atoms with E-state index in [1.165, 1.54) is 36.4 Å². The molecule has 0 bridgehead atoms. The minimum Gasteiger partial charge on any atom is -0.435 e. The number of alkyl halides is 2. The molecule has 1 atom stereocenters. The van der Waals surface area contributed by atoms with E-state index in [0.29, 0.717) is 5.69 Å². The van der Waals surface area contributed by atoms with Gasteiger partial charge in [-0.15, -0.1) is 0 Å². The summed E-state index contributed by atoms with van der Waals surface area (Å²) in [5, 5.41) is 5.86. The van der Waals surface area contributed by atoms with E-state index in [-0.39, 0.29) is 30.1 Å². The minimum atomic E-state index is -2.89. The van der Waals surface area contributed by atoms with Crippen LogP contribution >= 0.6 is 0 Å². The quantitative estimate of drug-likeness (QED) is 0.574. The summed E-state index contributed by atoms with van der Waals surface area (Å²) >= 11 is 0. The lowest BCUT2D eigenvalue weighted by molar-refractivity contribution is -0.115. The number of anilines is 1. The molecule has 3 aromatic rings. The van der Waals surface area contributed by atoms with E-state index in [0.717, 1.165) is 11.1 Å². The van der Waals surface area contributed by atoms with Gasteiger partial charge in [0, 0.05) is 5.69 Å². The summed E-state index contributed by atoms with van der Waals surface area (Å²) < 4.78 is 42.1. The van der Waals surface area contributed by atoms with E-state index in [1.54, 1.807) is 12.1 Å². The molecule has 0 unspecified atom stereocenters. The summed E-state index contributed by atoms with van der Waals surface area (Å²) in [5.41, 5.74) is 2.18. The highest BCUT2D eigenvalue weighted by molar-refractivity contribution is 5.92. The molecule has 3 aromatic carbocycles. The van der Waals surface area contributed by atoms with Crippen molar-refractivity contribution in [3.8, 4) is 5.75 Å². The first-order valence-electron chi connectivity index (χ1n) is 8.90. The Bertz CT molecular complexity index is 917. The topological polar surface area (TPSA) is 50.4 Å². The van der Waals surface area contributed by atoms with Crippen molar-refractivity contribution >= 4 is 11.6 Å². The third-order valence-electron chi connectivity index (χ3n) is 4.17. The first kappa shape index (κ1) is 20.4. The van der Waals surface area contributed by atoms with Crippen LogP contribution in [0.1, 0.15) is 17.2 Å². The third-order valence-corrected chi connectivity index (χ3v) is 4.17. The van der Waals surface area contributed by atoms with Crippen LogP contribution in [-0.4, -0.2) is 19.1 Å². The lowest BCUT2D eigenvalue weighted by Crippen LogP contribution is -2.31. The number of benzene rings is 3. The molecule has 0 aliphatic rings. The highest BCUT2D eigenvalue weighted by Crippen LogP contribution is 2.24. The first-order valence-corrected chi connectivity index (χ1v) is 8.90. The predicted molar refractivity (Wildman–Crippen MR) is 104 cm³/mol. The van der Waals surface area contributed by atoms with Gasteiger partial charge in [-0.05, 0) is 47.5 Å². The van der Waals surface area contributed by atoms with Gasteiger partial charge in [0.05, 0.1) is 12.6 Å². The molecule has 0 aromatic heterocycles. The number of halogens is 3. The molecule has 3 rings (SSSR count). The lowest BCUT2D eigenvalue weighted by atomic mass is 9.98. The van der Waals surface area contributed by atoms with Crippen LogP contribution in [0.25, 0.3) is 0 Å². The minimum absolute atomic E-state index is 0.00772. The number of amides is 1. The van der Waals surface area contributed by atoms with Gasteiger partial charge in [0.15, 0.2) is 0 Å². The van der Waals surface area contributed by atoms with Gasteiger partial charge in [-0.2, -0.15) is 8.78 Å². The van der Waals surface area contributed by atoms with Crippen molar-refractivity contribution in [1.29, 1.82) is 0 Å². The van der Waals surface area contributed by atoms with Crippen molar-refractivity contribution in [1.82, 2.24) is 5.32 Å². The maximum absolute atomic E-state index is 13.0. The van der Waals surface area contributed by atoms with E-state index < -0.39 is 6.61 Å². The largest absolute Gasteiger partial charge is 0.435 e. The Morgan fingerprint density at radius 3 is 2.10 bits per heavy atom. The van der Waals surface area contributed by atoms with Crippen LogP contribution in [0.5, 0.6) is 5.75 Å². The molecule has 1 amide bonds. The number of hydrogen-bond donors (Lipinski definition) is 2. The van der Waals surface area contributed by atoms with Gasteiger partial charge < -0.3 is 10.1 Å². The van der Waals surface area contributed by atoms with E-state index in [4.69, 9.17) is 0 Å². The van der Waals surface area contributed by atoms with Gasteiger partial charge in [0.1, 0.15) is 11.6 Å². The molecule has 0 fully saturated rings. The summed E-state index contributed by atoms with van der Waals surface area (Å²) in [7, 11) is 0. The van der Waals surface area contributed by atoms with Crippen molar-refractivity contribution in [2.75, 3.05) is 11.9 Å². The second kappa shape index (κ2) is 9.75. The number of carbonyl (C=O) groups is 1. The van der Waals surface area contributed by atoms with Crippen LogP contribution in [0.2, 0.25) is 0 Å². The standard InChI is InChI=1S/C22H19F3N2O2/c23-17-8-10-18(11-9-17)27-20(28)14-26-21(15-4-2-1-3-5-15)16-6-12-19(13-7-16)29-22(24)25/h1-13,21-22,26H,14H2,(H,27,28)/t21-/m0/s1. The fourth-order valence-corrected chi connectivity index (χ4v) is 2.85. The molecule has 0 aliphatic carbocycles. The first-order chi connectivity index (χ1) is 14.0. The van der Waals surface area contributed by atoms with Crippen LogP contribution in [0.3, 0.4) is 0 Å². The van der Waals surface area contributed by atoms with Crippen LogP contribution in [-0.2, 0) is 4.79 Å². The Labute approximate surface area is 166 Å². The molecule has 0 radical (unpaired) electrons. The molecular weight excluding hydrogens is 381 g/mol. The molecule has 2 N–H and O–H groups in total. The number of hydrogen-bond acceptors (Lipinski definition) is 3. The second-order valence-corrected chi connectivity index (χ2v) is 6.23. The highest BCUT2D eigenvalue weighted by Gasteiger charge is 2.16. The van der Waals surface area contributed by atoms with E-state index >= 15 is 0 Å². The number of nitrogens with one attached hydrogen (secondary N) is 2. The molecule has 4 nitrogen and oxygen atoms in total. The summed E-state index contributed by atoms with van der Waals surface area (Å²) in [6, 6.07) is 20.8. The molecule has 0 heterocycles. The fraction of sp³-hybridized carbons (Fsp3) is 0.136. The van der Waals surface area contributed by atoms with Crippen molar-refractivity contribution in [2.24, 2.45) is 0 Å². The Balaban J connectivity index is 1.71. The molecule has 7 heteroatoms. The van der Waals surface area contributed by atoms with E-state index in [9.17, 15) is 18.0 Å². The van der Waals surface area contributed by atoms with Gasteiger partial charge in [0.25, 0.3) is 0 Å². The molecule has 0 spiro atoms. The number of ether oxygens (including phenoxy) is 1. The lowest BCUT2D eigenvalue weighted by Gasteiger charge is -2.20. The van der Waals surface area contributed by atoms with Crippen LogP contribution in [0.15, 0.2) is 78.9 Å². The second-order valence-electron chi connectivity index (χ2n) is 6.23. The maximum Gasteiger partial charge on any atom is 0.387 e. The molecule has 29 heavy (non-hydrogen) atoms. The third kappa shape index (κ3) is 6.08. The molecular formula is C22H19F3N2O2. The maximum atomic E-state index is 13.0. The summed E-state index contributed by atoms with van der Waals surface area (Å²) in [6.07, 6.45) is 0. The van der Waals surface area contributed by atoms with Crippen molar-refractivity contribution < 1.29 is 22.7 Å². The average molecular weight is 400 g/mol. The Morgan fingerprint density at radius 2 is 1.48 bits per heavy atom. The van der Waals surface area contributed by atoms with Crippen molar-refractivity contribution in [3.05, 3.63) is 95.8 Å². The fourth-order valence-electron chi connectivity index (χ4n) is 2.85. The van der Waals surface area contributed by atoms with Gasteiger partial charge in [-0.25, -0.2) is 4.39 Å². The van der Waals surface area contributed by atoms with Gasteiger partial charge >= 0.3 is 6.61 Å². The van der Waals surface area contributed by atoms with Gasteiger partial charge in [-0.1, -0.05) is 42.5 Å². The molecule has 0 saturated heterocycles. The average Bonchev–Trinajstić information content (AvgIpc) is 2.71. The smallest absolute Gasteiger partial charge is 0.387 e. The summed E-state index contributed by atoms with van der Waals surface area (Å²) in [4.78, 5) is 12.3. The monoisotopic (exact) mass is 400 g/mol. The van der Waals surface area contributed by atoms with E-state index in [1.807, 2.05) is 30.3 Å². The molecule has 0 aliphatic heterocycles. The van der Waals surface area contributed by atoms with Crippen molar-refractivity contribution in [2.45, 2.75) is 12.7 Å². The predicted octanol–water partition coefficient (Wildman–Crippen LogP) is 4.74. The molecule has 150 valence electrons. The number of carbonyl (C=O) groups excluding carboxylic acids is 1. The Kier molecular flexibility index (Phi) is 6.86. The normalized spacial score (nSPS) is 11.9. The van der Waals surface area contributed by atoms with Crippen LogP contribution < -0.4 is 15.4 Å². The Hall–Kier alpha value is -3.32. The van der Waals surface area contributed by atoms with Crippen molar-refractivity contribution in [3.63, 3.8) is 0 Å². The highest BCUT2D eigenvalue weighted by atomic mass is 19.3. The zero-order valence-electron chi connectivity index (χ0n) is 15.3. The summed E-state index contributed by atoms with van der Waals surface area (Å²) in [6.45, 7) is -2.90. The van der Waals surface area contributed by atoms with E-state index in [2.05, 4.69) is 15.4 Å². The zero-order valence-corrected chi connectivity index (χ0v) is 15.3. The van der Waals surface area contributed by atoms with Gasteiger partial charge in [0.2, 0.25) is 5.91 Å². The van der Waals surface area contributed by atoms with Crippen LogP contribution in [0, 0.1) is 5.82 Å².